The summed E-state index contributed by atoms with van der Waals surface area (Å²) in [4.78, 5) is 15.3. The minimum Gasteiger partial charge on any atom is -0.356 e. The molecule has 0 radical (unpaired) electrons. The number of fused-ring (bicyclic) bond motifs is 3. The zero-order chi connectivity index (χ0) is 16.7. The molecule has 1 amide bonds. The van der Waals surface area contributed by atoms with Gasteiger partial charge in [0.05, 0.1) is 5.70 Å². The van der Waals surface area contributed by atoms with Gasteiger partial charge < -0.3 is 10.2 Å². The molecule has 3 aliphatic rings. The average Bonchev–Trinajstić information content (AvgIpc) is 2.60. The van der Waals surface area contributed by atoms with Crippen LogP contribution in [0.4, 0.5) is 0 Å². The van der Waals surface area contributed by atoms with E-state index in [-0.39, 0.29) is 16.8 Å². The standard InChI is InChI=1S/C20H26N2OS/c1-3-24-19-21-17-15-10-6-5-9-14(15)13-20(11-7-4-8-12-20)16(17)18(23)22(19)2/h5-6,9-10,19,21H,3-4,7-8,11-13H2,1-2H3. The van der Waals surface area contributed by atoms with Crippen LogP contribution >= 0.6 is 11.8 Å². The van der Waals surface area contributed by atoms with E-state index in [0.717, 1.165) is 36.3 Å². The molecule has 1 aliphatic heterocycles. The lowest BCUT2D eigenvalue weighted by atomic mass is 9.61. The van der Waals surface area contributed by atoms with Gasteiger partial charge in [0.25, 0.3) is 5.91 Å². The lowest BCUT2D eigenvalue weighted by Crippen LogP contribution is -2.54. The van der Waals surface area contributed by atoms with Crippen molar-refractivity contribution in [1.82, 2.24) is 10.2 Å². The van der Waals surface area contributed by atoms with E-state index in [1.165, 1.54) is 30.4 Å². The number of thioether (sulfide) groups is 1. The maximum atomic E-state index is 13.3. The van der Waals surface area contributed by atoms with Crippen LogP contribution in [0.2, 0.25) is 0 Å². The van der Waals surface area contributed by atoms with Gasteiger partial charge in [-0.05, 0) is 30.6 Å². The third-order valence-electron chi connectivity index (χ3n) is 5.88. The van der Waals surface area contributed by atoms with E-state index < -0.39 is 0 Å². The summed E-state index contributed by atoms with van der Waals surface area (Å²) in [5.41, 5.74) is 4.91. The summed E-state index contributed by atoms with van der Waals surface area (Å²) in [6.45, 7) is 2.14. The Bertz CT molecular complexity index is 691. The second-order valence-electron chi connectivity index (χ2n) is 7.29. The van der Waals surface area contributed by atoms with Crippen molar-refractivity contribution in [3.05, 3.63) is 41.0 Å². The first-order valence-corrected chi connectivity index (χ1v) is 10.2. The normalized spacial score (nSPS) is 25.3. The number of rotatable bonds is 2. The highest BCUT2D eigenvalue weighted by atomic mass is 32.2. The predicted octanol–water partition coefficient (Wildman–Crippen LogP) is 4.00. The molecule has 1 aromatic carbocycles. The highest BCUT2D eigenvalue weighted by Gasteiger charge is 2.48. The summed E-state index contributed by atoms with van der Waals surface area (Å²) >= 11 is 1.79. The Balaban J connectivity index is 1.88. The van der Waals surface area contributed by atoms with Crippen molar-refractivity contribution in [2.75, 3.05) is 12.8 Å². The lowest BCUT2D eigenvalue weighted by Gasteiger charge is -2.48. The van der Waals surface area contributed by atoms with Gasteiger partial charge in [0.1, 0.15) is 5.50 Å². The molecule has 3 nitrogen and oxygen atoms in total. The van der Waals surface area contributed by atoms with Crippen molar-refractivity contribution in [2.24, 2.45) is 5.41 Å². The number of nitrogens with one attached hydrogen (secondary N) is 1. The van der Waals surface area contributed by atoms with Gasteiger partial charge in [0.2, 0.25) is 0 Å². The Hall–Kier alpha value is -1.42. The number of likely N-dealkylation sites (N-methyl/N-ethyl adjacent to an activating group) is 1. The molecule has 4 heteroatoms. The summed E-state index contributed by atoms with van der Waals surface area (Å²) in [5, 5.41) is 3.71. The van der Waals surface area contributed by atoms with Gasteiger partial charge in [-0.25, -0.2) is 0 Å². The molecule has 1 saturated carbocycles. The van der Waals surface area contributed by atoms with E-state index in [0.29, 0.717) is 0 Å². The van der Waals surface area contributed by atoms with Crippen LogP contribution in [0.15, 0.2) is 29.8 Å². The Morgan fingerprint density at radius 1 is 1.25 bits per heavy atom. The quantitative estimate of drug-likeness (QED) is 0.881. The van der Waals surface area contributed by atoms with E-state index in [4.69, 9.17) is 0 Å². The molecule has 1 spiro atoms. The molecular formula is C20H26N2OS. The molecule has 1 unspecified atom stereocenters. The maximum Gasteiger partial charge on any atom is 0.254 e. The largest absolute Gasteiger partial charge is 0.356 e. The van der Waals surface area contributed by atoms with Gasteiger partial charge in [-0.2, -0.15) is 0 Å². The van der Waals surface area contributed by atoms with Gasteiger partial charge in [0.15, 0.2) is 0 Å². The molecule has 1 heterocycles. The first-order valence-electron chi connectivity index (χ1n) is 9.14. The predicted molar refractivity (Wildman–Crippen MR) is 100 cm³/mol. The highest BCUT2D eigenvalue weighted by molar-refractivity contribution is 7.99. The minimum absolute atomic E-state index is 0.0352. The SMILES string of the molecule is CCSC1NC2=C(C(=O)N1C)C1(CCCCC1)Cc1ccccc12. The van der Waals surface area contributed by atoms with Crippen LogP contribution in [-0.2, 0) is 11.2 Å². The van der Waals surface area contributed by atoms with Crippen molar-refractivity contribution in [3.8, 4) is 0 Å². The molecule has 1 fully saturated rings. The topological polar surface area (TPSA) is 32.3 Å². The monoisotopic (exact) mass is 342 g/mol. The summed E-state index contributed by atoms with van der Waals surface area (Å²) < 4.78 is 0. The van der Waals surface area contributed by atoms with Crippen LogP contribution in [-0.4, -0.2) is 29.1 Å². The van der Waals surface area contributed by atoms with Crippen molar-refractivity contribution in [2.45, 2.75) is 50.9 Å². The maximum absolute atomic E-state index is 13.3. The number of amides is 1. The Morgan fingerprint density at radius 3 is 2.75 bits per heavy atom. The molecule has 1 atom stereocenters. The van der Waals surface area contributed by atoms with E-state index in [1.54, 1.807) is 11.8 Å². The number of carbonyl (C=O) groups excluding carboxylic acids is 1. The van der Waals surface area contributed by atoms with Gasteiger partial charge in [0, 0.05) is 23.6 Å². The van der Waals surface area contributed by atoms with Crippen molar-refractivity contribution >= 4 is 23.4 Å². The second kappa shape index (κ2) is 6.14. The number of carbonyl (C=O) groups is 1. The third kappa shape index (κ3) is 2.38. The molecule has 4 rings (SSSR count). The minimum atomic E-state index is 0.0352. The van der Waals surface area contributed by atoms with Crippen LogP contribution in [0.5, 0.6) is 0 Å². The fraction of sp³-hybridized carbons (Fsp3) is 0.550. The van der Waals surface area contributed by atoms with Gasteiger partial charge >= 0.3 is 0 Å². The van der Waals surface area contributed by atoms with Crippen molar-refractivity contribution < 1.29 is 4.79 Å². The van der Waals surface area contributed by atoms with Crippen molar-refractivity contribution in [1.29, 1.82) is 0 Å². The first kappa shape index (κ1) is 16.1. The second-order valence-corrected chi connectivity index (χ2v) is 8.65. The first-order chi connectivity index (χ1) is 11.7. The Labute approximate surface area is 148 Å². The summed E-state index contributed by atoms with van der Waals surface area (Å²) in [6, 6.07) is 8.66. The molecule has 1 aromatic rings. The van der Waals surface area contributed by atoms with E-state index in [9.17, 15) is 4.79 Å². The average molecular weight is 343 g/mol. The highest BCUT2D eigenvalue weighted by Crippen LogP contribution is 2.52. The Morgan fingerprint density at radius 2 is 2.00 bits per heavy atom. The molecule has 2 aliphatic carbocycles. The van der Waals surface area contributed by atoms with Gasteiger partial charge in [-0.3, -0.25) is 4.79 Å². The number of nitrogens with zero attached hydrogens (tertiary/aromatic N) is 1. The van der Waals surface area contributed by atoms with E-state index >= 15 is 0 Å². The third-order valence-corrected chi connectivity index (χ3v) is 6.97. The molecule has 0 aromatic heterocycles. The van der Waals surface area contributed by atoms with Gasteiger partial charge in [-0.15, -0.1) is 11.8 Å². The lowest BCUT2D eigenvalue weighted by molar-refractivity contribution is -0.129. The van der Waals surface area contributed by atoms with Crippen molar-refractivity contribution in [3.63, 3.8) is 0 Å². The van der Waals surface area contributed by atoms with E-state index in [2.05, 4.69) is 36.5 Å². The van der Waals surface area contributed by atoms with E-state index in [1.807, 2.05) is 11.9 Å². The molecule has 24 heavy (non-hydrogen) atoms. The smallest absolute Gasteiger partial charge is 0.254 e. The fourth-order valence-electron chi connectivity index (χ4n) is 4.72. The zero-order valence-electron chi connectivity index (χ0n) is 14.6. The van der Waals surface area contributed by atoms with Crippen LogP contribution in [0, 0.1) is 5.41 Å². The zero-order valence-corrected chi connectivity index (χ0v) is 15.4. The molecule has 0 bridgehead atoms. The molecular weight excluding hydrogens is 316 g/mol. The number of benzene rings is 1. The fourth-order valence-corrected chi connectivity index (χ4v) is 5.56. The molecule has 128 valence electrons. The summed E-state index contributed by atoms with van der Waals surface area (Å²) in [5.74, 6) is 1.23. The molecule has 0 saturated heterocycles. The van der Waals surface area contributed by atoms with Crippen LogP contribution in [0.3, 0.4) is 0 Å². The summed E-state index contributed by atoms with van der Waals surface area (Å²) in [6.07, 6.45) is 7.10. The number of hydrogen-bond donors (Lipinski definition) is 1. The van der Waals surface area contributed by atoms with Gasteiger partial charge in [-0.1, -0.05) is 50.5 Å². The summed E-state index contributed by atoms with van der Waals surface area (Å²) in [7, 11) is 1.95. The van der Waals surface area contributed by atoms with Crippen LogP contribution in [0.1, 0.15) is 50.2 Å². The van der Waals surface area contributed by atoms with Crippen LogP contribution < -0.4 is 5.32 Å². The van der Waals surface area contributed by atoms with Crippen LogP contribution in [0.25, 0.3) is 5.70 Å². The molecule has 1 N–H and O–H groups in total. The Kier molecular flexibility index (Phi) is 4.11. The number of hydrogen-bond acceptors (Lipinski definition) is 3.